The van der Waals surface area contributed by atoms with Gasteiger partial charge in [0.25, 0.3) is 5.91 Å². The summed E-state index contributed by atoms with van der Waals surface area (Å²) in [5.41, 5.74) is 6.36. The van der Waals surface area contributed by atoms with Gasteiger partial charge in [-0.2, -0.15) is 4.99 Å². The summed E-state index contributed by atoms with van der Waals surface area (Å²) in [6.07, 6.45) is 1.41. The molecule has 28 heavy (non-hydrogen) atoms. The molecule has 1 aliphatic heterocycles. The molecule has 0 aliphatic carbocycles. The summed E-state index contributed by atoms with van der Waals surface area (Å²) in [6.45, 7) is 1.98. The molecule has 3 nitrogen and oxygen atoms in total. The number of amidine groups is 1. The first-order valence-electron chi connectivity index (χ1n) is 9.46. The molecule has 0 saturated heterocycles. The van der Waals surface area contributed by atoms with E-state index in [-0.39, 0.29) is 5.91 Å². The van der Waals surface area contributed by atoms with Crippen LogP contribution in [0.5, 0.6) is 0 Å². The number of hydrogen-bond acceptors (Lipinski definition) is 1. The zero-order valence-electron chi connectivity index (χ0n) is 15.9. The second kappa shape index (κ2) is 8.05. The van der Waals surface area contributed by atoms with Gasteiger partial charge in [-0.1, -0.05) is 78.4 Å². The normalized spacial score (nSPS) is 15.0. The molecular weight excluding hydrogens is 344 g/mol. The topological polar surface area (TPSA) is 41.5 Å². The van der Waals surface area contributed by atoms with Crippen molar-refractivity contribution >= 4 is 17.3 Å². The van der Waals surface area contributed by atoms with E-state index in [0.29, 0.717) is 17.8 Å². The van der Waals surface area contributed by atoms with Crippen LogP contribution >= 0.6 is 0 Å². The van der Waals surface area contributed by atoms with Crippen LogP contribution in [0.3, 0.4) is 0 Å². The second-order valence-electron chi connectivity index (χ2n) is 7.02. The van der Waals surface area contributed by atoms with Gasteiger partial charge >= 0.3 is 0 Å². The van der Waals surface area contributed by atoms with E-state index in [2.05, 4.69) is 34.6 Å². The Hall–Kier alpha value is -3.46. The Morgan fingerprint density at radius 3 is 2.36 bits per heavy atom. The average Bonchev–Trinajstić information content (AvgIpc) is 3.11. The Balaban J connectivity index is 1.63. The minimum Gasteiger partial charge on any atom is -0.346 e. The molecule has 0 radical (unpaired) electrons. The number of hydrogen-bond donors (Lipinski definition) is 1. The Morgan fingerprint density at radius 1 is 0.929 bits per heavy atom. The molecule has 138 valence electrons. The number of aliphatic imine (C=N–C) groups is 1. The van der Waals surface area contributed by atoms with Crippen molar-refractivity contribution in [2.45, 2.75) is 19.8 Å². The fourth-order valence-electron chi connectivity index (χ4n) is 3.47. The third kappa shape index (κ3) is 4.09. The molecule has 4 rings (SSSR count). The van der Waals surface area contributed by atoms with Gasteiger partial charge in [0.1, 0.15) is 5.84 Å². The highest BCUT2D eigenvalue weighted by Crippen LogP contribution is 2.28. The zero-order chi connectivity index (χ0) is 19.3. The number of amides is 1. The largest absolute Gasteiger partial charge is 0.346 e. The van der Waals surface area contributed by atoms with Crippen LogP contribution in [0.1, 0.15) is 33.5 Å². The van der Waals surface area contributed by atoms with E-state index >= 15 is 0 Å². The molecule has 0 saturated carbocycles. The van der Waals surface area contributed by atoms with E-state index in [1.165, 1.54) is 11.1 Å². The van der Waals surface area contributed by atoms with Crippen molar-refractivity contribution in [3.63, 3.8) is 0 Å². The number of aryl methyl sites for hydroxylation is 1. The second-order valence-corrected chi connectivity index (χ2v) is 7.02. The number of carbonyl (C=O) groups is 1. The van der Waals surface area contributed by atoms with Crippen LogP contribution in [0.15, 0.2) is 95.6 Å². The van der Waals surface area contributed by atoms with Crippen molar-refractivity contribution in [3.05, 3.63) is 113 Å². The molecule has 3 aromatic carbocycles. The molecule has 0 aromatic heterocycles. The molecular formula is C25H22N2O. The van der Waals surface area contributed by atoms with Crippen LogP contribution in [-0.2, 0) is 6.42 Å². The smallest absolute Gasteiger partial charge is 0.278 e. The van der Waals surface area contributed by atoms with Gasteiger partial charge in [0.15, 0.2) is 0 Å². The van der Waals surface area contributed by atoms with E-state index in [4.69, 9.17) is 0 Å². The van der Waals surface area contributed by atoms with Crippen LogP contribution in [0.25, 0.3) is 5.57 Å². The lowest BCUT2D eigenvalue weighted by atomic mass is 10.00. The Kier molecular flexibility index (Phi) is 5.16. The number of nitrogens with one attached hydrogen (secondary N) is 1. The summed E-state index contributed by atoms with van der Waals surface area (Å²) in [4.78, 5) is 17.0. The van der Waals surface area contributed by atoms with Crippen molar-refractivity contribution in [1.82, 2.24) is 5.32 Å². The fraction of sp³-hybridized carbons (Fsp3) is 0.120. The van der Waals surface area contributed by atoms with E-state index in [9.17, 15) is 4.79 Å². The molecule has 0 unspecified atom stereocenters. The quantitative estimate of drug-likeness (QED) is 0.691. The monoisotopic (exact) mass is 366 g/mol. The maximum absolute atomic E-state index is 12.6. The van der Waals surface area contributed by atoms with Crippen molar-refractivity contribution < 1.29 is 4.79 Å². The number of benzene rings is 3. The highest BCUT2D eigenvalue weighted by molar-refractivity contribution is 6.08. The average molecular weight is 366 g/mol. The summed E-state index contributed by atoms with van der Waals surface area (Å²) in [5.74, 6) is 0.496. The lowest BCUT2D eigenvalue weighted by molar-refractivity contribution is 0.100. The Labute approximate surface area is 165 Å². The van der Waals surface area contributed by atoms with E-state index in [0.717, 1.165) is 23.2 Å². The highest BCUT2D eigenvalue weighted by atomic mass is 16.1. The van der Waals surface area contributed by atoms with Gasteiger partial charge in [0, 0.05) is 24.1 Å². The van der Waals surface area contributed by atoms with Gasteiger partial charge in [0.2, 0.25) is 0 Å². The number of nitrogens with zero attached hydrogens (tertiary/aromatic N) is 1. The molecule has 1 amide bonds. The van der Waals surface area contributed by atoms with Crippen LogP contribution in [0.2, 0.25) is 0 Å². The molecule has 1 heterocycles. The zero-order valence-corrected chi connectivity index (χ0v) is 15.9. The van der Waals surface area contributed by atoms with Gasteiger partial charge in [0.05, 0.1) is 0 Å². The fourth-order valence-corrected chi connectivity index (χ4v) is 3.47. The minimum absolute atomic E-state index is 0.209. The third-order valence-corrected chi connectivity index (χ3v) is 4.85. The predicted molar refractivity (Wildman–Crippen MR) is 114 cm³/mol. The number of carbonyl (C=O) groups excluding carboxylic acids is 1. The first-order valence-corrected chi connectivity index (χ1v) is 9.46. The number of rotatable bonds is 4. The summed E-state index contributed by atoms with van der Waals surface area (Å²) in [6, 6.07) is 28.2. The molecule has 1 aliphatic rings. The van der Waals surface area contributed by atoms with Crippen LogP contribution in [-0.4, -0.2) is 11.7 Å². The maximum atomic E-state index is 12.6. The molecule has 0 atom stereocenters. The Bertz CT molecular complexity index is 1050. The number of allylic oxidation sites excluding steroid dienone is 1. The van der Waals surface area contributed by atoms with Gasteiger partial charge in [-0.05, 0) is 35.8 Å². The van der Waals surface area contributed by atoms with Gasteiger partial charge in [-0.3, -0.25) is 4.79 Å². The predicted octanol–water partition coefficient (Wildman–Crippen LogP) is 5.18. The molecule has 0 bridgehead atoms. The van der Waals surface area contributed by atoms with Crippen molar-refractivity contribution in [2.24, 2.45) is 4.99 Å². The molecule has 3 heteroatoms. The summed E-state index contributed by atoms with van der Waals surface area (Å²) in [7, 11) is 0. The van der Waals surface area contributed by atoms with Crippen LogP contribution in [0.4, 0.5) is 0 Å². The van der Waals surface area contributed by atoms with Gasteiger partial charge in [-0.15, -0.1) is 0 Å². The lowest BCUT2D eigenvalue weighted by Crippen LogP contribution is -2.19. The van der Waals surface area contributed by atoms with Crippen molar-refractivity contribution in [1.29, 1.82) is 0 Å². The summed E-state index contributed by atoms with van der Waals surface area (Å²) >= 11 is 0. The van der Waals surface area contributed by atoms with Crippen molar-refractivity contribution in [3.8, 4) is 0 Å². The van der Waals surface area contributed by atoms with E-state index in [1.54, 1.807) is 0 Å². The molecule has 0 fully saturated rings. The maximum Gasteiger partial charge on any atom is 0.278 e. The SMILES string of the molecule is Cc1cccc(C(=O)/N=C2/CC(c3ccccc3)=C(Cc3ccccc3)N2)c1. The van der Waals surface area contributed by atoms with Gasteiger partial charge < -0.3 is 5.32 Å². The van der Waals surface area contributed by atoms with Gasteiger partial charge in [-0.25, -0.2) is 0 Å². The first-order chi connectivity index (χ1) is 13.7. The third-order valence-electron chi connectivity index (χ3n) is 4.85. The first kappa shape index (κ1) is 17.9. The minimum atomic E-state index is -0.209. The van der Waals surface area contributed by atoms with Crippen molar-refractivity contribution in [2.75, 3.05) is 0 Å². The van der Waals surface area contributed by atoms with Crippen LogP contribution in [0, 0.1) is 6.92 Å². The lowest BCUT2D eigenvalue weighted by Gasteiger charge is -2.08. The highest BCUT2D eigenvalue weighted by Gasteiger charge is 2.22. The standard InChI is InChI=1S/C25H22N2O/c1-18-9-8-14-21(15-18)25(28)27-24-17-22(20-12-6-3-7-13-20)23(26-24)16-19-10-4-2-5-11-19/h2-15H,16-17H2,1H3,(H,26,27,28). The van der Waals surface area contributed by atoms with Crippen LogP contribution < -0.4 is 5.32 Å². The Morgan fingerprint density at radius 2 is 1.64 bits per heavy atom. The van der Waals surface area contributed by atoms with E-state index < -0.39 is 0 Å². The summed E-state index contributed by atoms with van der Waals surface area (Å²) in [5, 5.41) is 3.41. The molecule has 3 aromatic rings. The summed E-state index contributed by atoms with van der Waals surface area (Å²) < 4.78 is 0. The molecule has 0 spiro atoms. The molecule has 1 N–H and O–H groups in total. The van der Waals surface area contributed by atoms with E-state index in [1.807, 2.05) is 67.6 Å².